The molecule has 16 heavy (non-hydrogen) atoms. The first-order valence-corrected chi connectivity index (χ1v) is 5.55. The van der Waals surface area contributed by atoms with Crippen LogP contribution in [0.15, 0.2) is 24.3 Å². The van der Waals surface area contributed by atoms with E-state index in [4.69, 9.17) is 10.00 Å². The number of rotatable bonds is 6. The number of ether oxygens (including phenoxy) is 1. The third-order valence-corrected chi connectivity index (χ3v) is 2.35. The molecule has 0 amide bonds. The van der Waals surface area contributed by atoms with Gasteiger partial charge in [-0.1, -0.05) is 19.1 Å². The molecule has 1 atom stereocenters. The molecule has 86 valence electrons. The van der Waals surface area contributed by atoms with E-state index in [1.807, 2.05) is 31.2 Å². The van der Waals surface area contributed by atoms with E-state index in [9.17, 15) is 5.11 Å². The Morgan fingerprint density at radius 1 is 1.38 bits per heavy atom. The van der Waals surface area contributed by atoms with E-state index in [0.717, 1.165) is 17.7 Å². The lowest BCUT2D eigenvalue weighted by molar-refractivity contribution is 0.173. The second-order valence-electron chi connectivity index (χ2n) is 3.60. The van der Waals surface area contributed by atoms with E-state index in [0.29, 0.717) is 19.4 Å². The van der Waals surface area contributed by atoms with Crippen LogP contribution in [0.2, 0.25) is 0 Å². The lowest BCUT2D eigenvalue weighted by atomic mass is 10.1. The molecule has 1 aromatic rings. The second-order valence-corrected chi connectivity index (χ2v) is 3.60. The van der Waals surface area contributed by atoms with Gasteiger partial charge in [-0.2, -0.15) is 5.26 Å². The highest BCUT2D eigenvalue weighted by atomic mass is 16.5. The van der Waals surface area contributed by atoms with Crippen LogP contribution >= 0.6 is 0 Å². The van der Waals surface area contributed by atoms with Gasteiger partial charge in [0.25, 0.3) is 0 Å². The van der Waals surface area contributed by atoms with Crippen LogP contribution in [-0.2, 0) is 0 Å². The Balaban J connectivity index is 2.43. The summed E-state index contributed by atoms with van der Waals surface area (Å²) in [6.07, 6.45) is 1.58. The summed E-state index contributed by atoms with van der Waals surface area (Å²) in [5.74, 6) is 0.782. The molecule has 0 spiro atoms. The van der Waals surface area contributed by atoms with Crippen molar-refractivity contribution in [1.29, 1.82) is 5.26 Å². The monoisotopic (exact) mass is 219 g/mol. The van der Waals surface area contributed by atoms with Gasteiger partial charge in [-0.3, -0.25) is 0 Å². The Labute approximate surface area is 96.3 Å². The minimum Gasteiger partial charge on any atom is -0.494 e. The molecule has 0 aromatic heterocycles. The maximum atomic E-state index is 9.59. The molecule has 0 radical (unpaired) electrons. The Bertz CT molecular complexity index is 340. The molecule has 0 heterocycles. The van der Waals surface area contributed by atoms with Crippen LogP contribution in [0.4, 0.5) is 0 Å². The first-order valence-electron chi connectivity index (χ1n) is 5.55. The Hall–Kier alpha value is -1.53. The average molecular weight is 219 g/mol. The van der Waals surface area contributed by atoms with Crippen LogP contribution in [0, 0.1) is 11.3 Å². The minimum absolute atomic E-state index is 0.396. The summed E-state index contributed by atoms with van der Waals surface area (Å²) in [4.78, 5) is 0. The topological polar surface area (TPSA) is 53.2 Å². The fourth-order valence-electron chi connectivity index (χ4n) is 1.36. The molecular weight excluding hydrogens is 202 g/mol. The number of aliphatic hydroxyl groups is 1. The zero-order valence-electron chi connectivity index (χ0n) is 9.52. The van der Waals surface area contributed by atoms with Crippen LogP contribution in [0.5, 0.6) is 5.75 Å². The van der Waals surface area contributed by atoms with Gasteiger partial charge >= 0.3 is 0 Å². The van der Waals surface area contributed by atoms with Crippen molar-refractivity contribution < 1.29 is 9.84 Å². The standard InChI is InChI=1S/C13H17NO2/c1-2-13(15)11-5-7-12(8-6-11)16-10-4-3-9-14/h5-8,13,15H,2-4,10H2,1H3/t13-/m0/s1. The number of aliphatic hydroxyl groups excluding tert-OH is 1. The van der Waals surface area contributed by atoms with Crippen LogP contribution in [0.1, 0.15) is 37.9 Å². The molecule has 0 unspecified atom stereocenters. The number of benzene rings is 1. The SMILES string of the molecule is CC[C@H](O)c1ccc(OCCCC#N)cc1. The van der Waals surface area contributed by atoms with Crippen LogP contribution < -0.4 is 4.74 Å². The predicted molar refractivity (Wildman–Crippen MR) is 62.0 cm³/mol. The van der Waals surface area contributed by atoms with Gasteiger partial charge in [0.05, 0.1) is 18.8 Å². The van der Waals surface area contributed by atoms with Crippen molar-refractivity contribution in [3.8, 4) is 11.8 Å². The molecule has 0 saturated carbocycles. The summed E-state index contributed by atoms with van der Waals surface area (Å²) in [6, 6.07) is 9.51. The van der Waals surface area contributed by atoms with Crippen LogP contribution in [0.3, 0.4) is 0 Å². The summed E-state index contributed by atoms with van der Waals surface area (Å²) in [7, 11) is 0. The Morgan fingerprint density at radius 3 is 2.62 bits per heavy atom. The first-order chi connectivity index (χ1) is 7.77. The fraction of sp³-hybridized carbons (Fsp3) is 0.462. The van der Waals surface area contributed by atoms with Gasteiger partial charge in [0.1, 0.15) is 5.75 Å². The lowest BCUT2D eigenvalue weighted by Crippen LogP contribution is -1.98. The molecular formula is C13H17NO2. The van der Waals surface area contributed by atoms with Gasteiger partial charge in [0.15, 0.2) is 0 Å². The number of unbranched alkanes of at least 4 members (excludes halogenated alkanes) is 1. The third kappa shape index (κ3) is 3.92. The molecule has 0 fully saturated rings. The fourth-order valence-corrected chi connectivity index (χ4v) is 1.36. The summed E-state index contributed by atoms with van der Waals surface area (Å²) in [6.45, 7) is 2.50. The average Bonchev–Trinajstić information content (AvgIpc) is 2.34. The molecule has 0 aliphatic carbocycles. The van der Waals surface area contributed by atoms with E-state index in [1.54, 1.807) is 0 Å². The predicted octanol–water partition coefficient (Wildman–Crippen LogP) is 2.81. The highest BCUT2D eigenvalue weighted by Gasteiger charge is 2.03. The highest BCUT2D eigenvalue weighted by molar-refractivity contribution is 5.28. The zero-order chi connectivity index (χ0) is 11.8. The second kappa shape index (κ2) is 6.86. The summed E-state index contributed by atoms with van der Waals surface area (Å²) < 4.78 is 5.44. The summed E-state index contributed by atoms with van der Waals surface area (Å²) in [5, 5.41) is 17.9. The van der Waals surface area contributed by atoms with Crippen molar-refractivity contribution in [1.82, 2.24) is 0 Å². The molecule has 0 saturated heterocycles. The largest absolute Gasteiger partial charge is 0.494 e. The summed E-state index contributed by atoms with van der Waals surface area (Å²) >= 11 is 0. The van der Waals surface area contributed by atoms with Gasteiger partial charge in [-0.05, 0) is 30.5 Å². The smallest absolute Gasteiger partial charge is 0.119 e. The third-order valence-electron chi connectivity index (χ3n) is 2.35. The minimum atomic E-state index is -0.396. The van der Waals surface area contributed by atoms with Gasteiger partial charge in [-0.15, -0.1) is 0 Å². The van der Waals surface area contributed by atoms with Crippen molar-refractivity contribution in [3.05, 3.63) is 29.8 Å². The summed E-state index contributed by atoms with van der Waals surface area (Å²) in [5.41, 5.74) is 0.909. The Morgan fingerprint density at radius 2 is 2.06 bits per heavy atom. The van der Waals surface area contributed by atoms with E-state index < -0.39 is 6.10 Å². The number of hydrogen-bond acceptors (Lipinski definition) is 3. The van der Waals surface area contributed by atoms with E-state index >= 15 is 0 Å². The lowest BCUT2D eigenvalue weighted by Gasteiger charge is -2.09. The molecule has 0 bridgehead atoms. The molecule has 0 aliphatic rings. The molecule has 3 nitrogen and oxygen atoms in total. The van der Waals surface area contributed by atoms with Crippen molar-refractivity contribution in [2.24, 2.45) is 0 Å². The van der Waals surface area contributed by atoms with E-state index in [-0.39, 0.29) is 0 Å². The number of nitriles is 1. The zero-order valence-corrected chi connectivity index (χ0v) is 9.52. The molecule has 1 aromatic carbocycles. The van der Waals surface area contributed by atoms with Gasteiger partial charge in [0, 0.05) is 6.42 Å². The Kier molecular flexibility index (Phi) is 5.38. The first kappa shape index (κ1) is 12.5. The van der Waals surface area contributed by atoms with Crippen molar-refractivity contribution in [3.63, 3.8) is 0 Å². The van der Waals surface area contributed by atoms with E-state index in [1.165, 1.54) is 0 Å². The van der Waals surface area contributed by atoms with Crippen LogP contribution in [0.25, 0.3) is 0 Å². The van der Waals surface area contributed by atoms with Crippen molar-refractivity contribution in [2.75, 3.05) is 6.61 Å². The maximum absolute atomic E-state index is 9.59. The molecule has 1 rings (SSSR count). The van der Waals surface area contributed by atoms with Gasteiger partial charge < -0.3 is 9.84 Å². The molecule has 1 N–H and O–H groups in total. The maximum Gasteiger partial charge on any atom is 0.119 e. The highest BCUT2D eigenvalue weighted by Crippen LogP contribution is 2.19. The van der Waals surface area contributed by atoms with E-state index in [2.05, 4.69) is 6.07 Å². The normalized spacial score (nSPS) is 11.8. The van der Waals surface area contributed by atoms with Gasteiger partial charge in [-0.25, -0.2) is 0 Å². The van der Waals surface area contributed by atoms with Crippen LogP contribution in [-0.4, -0.2) is 11.7 Å². The number of hydrogen-bond donors (Lipinski definition) is 1. The van der Waals surface area contributed by atoms with Gasteiger partial charge in [0.2, 0.25) is 0 Å². The molecule has 3 heteroatoms. The van der Waals surface area contributed by atoms with Crippen molar-refractivity contribution in [2.45, 2.75) is 32.3 Å². The quantitative estimate of drug-likeness (QED) is 0.748. The number of nitrogens with zero attached hydrogens (tertiary/aromatic N) is 1. The van der Waals surface area contributed by atoms with Crippen molar-refractivity contribution >= 4 is 0 Å². The molecule has 0 aliphatic heterocycles.